The van der Waals surface area contributed by atoms with Crippen LogP contribution in [0.3, 0.4) is 0 Å². The maximum Gasteiger partial charge on any atom is 0.246 e. The molecule has 0 atom stereocenters. The number of rotatable bonds is 6. The topological polar surface area (TPSA) is 67.9 Å². The SMILES string of the molecule is COc1cc(C=CC(=O)N2CCC(C(=O)Nc3ccccc3)CC2)cc(OC)c1. The largest absolute Gasteiger partial charge is 0.497 e. The van der Waals surface area contributed by atoms with Gasteiger partial charge in [-0.05, 0) is 48.7 Å². The van der Waals surface area contributed by atoms with Crippen molar-refractivity contribution in [2.45, 2.75) is 12.8 Å². The lowest BCUT2D eigenvalue weighted by molar-refractivity contribution is -0.130. The molecular formula is C23H26N2O4. The lowest BCUT2D eigenvalue weighted by Crippen LogP contribution is -2.40. The quantitative estimate of drug-likeness (QED) is 0.761. The molecule has 1 N–H and O–H groups in total. The van der Waals surface area contributed by atoms with Gasteiger partial charge in [0.1, 0.15) is 11.5 Å². The number of piperidine rings is 1. The average molecular weight is 394 g/mol. The highest BCUT2D eigenvalue weighted by molar-refractivity contribution is 5.94. The van der Waals surface area contributed by atoms with E-state index in [-0.39, 0.29) is 17.7 Å². The van der Waals surface area contributed by atoms with E-state index >= 15 is 0 Å². The van der Waals surface area contributed by atoms with Crippen LogP contribution in [-0.4, -0.2) is 44.0 Å². The van der Waals surface area contributed by atoms with Crippen LogP contribution in [-0.2, 0) is 9.59 Å². The Morgan fingerprint density at radius 3 is 2.21 bits per heavy atom. The van der Waals surface area contributed by atoms with Crippen molar-refractivity contribution >= 4 is 23.6 Å². The van der Waals surface area contributed by atoms with Crippen LogP contribution >= 0.6 is 0 Å². The van der Waals surface area contributed by atoms with Crippen LogP contribution in [0.15, 0.2) is 54.6 Å². The fourth-order valence-corrected chi connectivity index (χ4v) is 3.33. The van der Waals surface area contributed by atoms with Gasteiger partial charge in [-0.3, -0.25) is 9.59 Å². The maximum atomic E-state index is 12.5. The second-order valence-electron chi connectivity index (χ2n) is 6.93. The van der Waals surface area contributed by atoms with Gasteiger partial charge in [0, 0.05) is 36.8 Å². The van der Waals surface area contributed by atoms with Gasteiger partial charge < -0.3 is 19.7 Å². The van der Waals surface area contributed by atoms with Crippen LogP contribution in [0.25, 0.3) is 6.08 Å². The first-order valence-electron chi connectivity index (χ1n) is 9.65. The van der Waals surface area contributed by atoms with Gasteiger partial charge in [-0.15, -0.1) is 0 Å². The van der Waals surface area contributed by atoms with Crippen LogP contribution in [0.5, 0.6) is 11.5 Å². The van der Waals surface area contributed by atoms with E-state index in [2.05, 4.69) is 5.32 Å². The summed E-state index contributed by atoms with van der Waals surface area (Å²) in [6.45, 7) is 1.13. The van der Waals surface area contributed by atoms with Crippen LogP contribution in [0.2, 0.25) is 0 Å². The minimum absolute atomic E-state index is 0.0160. The van der Waals surface area contributed by atoms with E-state index in [4.69, 9.17) is 9.47 Å². The Hall–Kier alpha value is -3.28. The predicted octanol–water partition coefficient (Wildman–Crippen LogP) is 3.59. The van der Waals surface area contributed by atoms with E-state index in [1.165, 1.54) is 0 Å². The molecule has 0 bridgehead atoms. The van der Waals surface area contributed by atoms with Crippen molar-refractivity contribution < 1.29 is 19.1 Å². The minimum atomic E-state index is -0.0779. The van der Waals surface area contributed by atoms with Crippen LogP contribution in [0.4, 0.5) is 5.69 Å². The Morgan fingerprint density at radius 2 is 1.62 bits per heavy atom. The summed E-state index contributed by atoms with van der Waals surface area (Å²) >= 11 is 0. The maximum absolute atomic E-state index is 12.5. The van der Waals surface area contributed by atoms with Gasteiger partial charge in [-0.25, -0.2) is 0 Å². The Morgan fingerprint density at radius 1 is 1.00 bits per heavy atom. The van der Waals surface area contributed by atoms with Crippen molar-refractivity contribution in [2.75, 3.05) is 32.6 Å². The smallest absolute Gasteiger partial charge is 0.246 e. The third kappa shape index (κ3) is 5.60. The summed E-state index contributed by atoms with van der Waals surface area (Å²) < 4.78 is 10.5. The lowest BCUT2D eigenvalue weighted by Gasteiger charge is -2.30. The van der Waals surface area contributed by atoms with Crippen molar-refractivity contribution in [1.82, 2.24) is 4.90 Å². The number of benzene rings is 2. The molecule has 0 radical (unpaired) electrons. The molecule has 1 saturated heterocycles. The highest BCUT2D eigenvalue weighted by atomic mass is 16.5. The molecule has 1 aliphatic rings. The van der Waals surface area contributed by atoms with E-state index < -0.39 is 0 Å². The van der Waals surface area contributed by atoms with Crippen LogP contribution in [0.1, 0.15) is 18.4 Å². The van der Waals surface area contributed by atoms with Crippen molar-refractivity contribution in [2.24, 2.45) is 5.92 Å². The van der Waals surface area contributed by atoms with Gasteiger partial charge in [-0.2, -0.15) is 0 Å². The summed E-state index contributed by atoms with van der Waals surface area (Å²) in [5, 5.41) is 2.94. The summed E-state index contributed by atoms with van der Waals surface area (Å²) in [5.41, 5.74) is 1.62. The lowest BCUT2D eigenvalue weighted by atomic mass is 9.95. The van der Waals surface area contributed by atoms with Crippen LogP contribution in [0, 0.1) is 5.92 Å². The van der Waals surface area contributed by atoms with Crippen molar-refractivity contribution in [3.8, 4) is 11.5 Å². The van der Waals surface area contributed by atoms with Gasteiger partial charge >= 0.3 is 0 Å². The zero-order valence-corrected chi connectivity index (χ0v) is 16.8. The summed E-state index contributed by atoms with van der Waals surface area (Å²) in [6, 6.07) is 14.9. The molecule has 0 unspecified atom stereocenters. The van der Waals surface area contributed by atoms with Crippen molar-refractivity contribution in [3.05, 3.63) is 60.2 Å². The molecule has 152 valence electrons. The average Bonchev–Trinajstić information content (AvgIpc) is 2.77. The molecule has 1 heterocycles. The highest BCUT2D eigenvalue weighted by Crippen LogP contribution is 2.24. The zero-order valence-electron chi connectivity index (χ0n) is 16.8. The van der Waals surface area contributed by atoms with E-state index in [9.17, 15) is 9.59 Å². The molecule has 2 aromatic carbocycles. The second-order valence-corrected chi connectivity index (χ2v) is 6.93. The number of para-hydroxylation sites is 1. The number of methoxy groups -OCH3 is 2. The van der Waals surface area contributed by atoms with E-state index in [1.54, 1.807) is 37.3 Å². The fourth-order valence-electron chi connectivity index (χ4n) is 3.33. The number of carbonyl (C=O) groups excluding carboxylic acids is 2. The third-order valence-corrected chi connectivity index (χ3v) is 5.01. The summed E-state index contributed by atoms with van der Waals surface area (Å²) in [5.74, 6) is 1.21. The molecule has 6 heteroatoms. The first kappa shape index (κ1) is 20.5. The molecule has 6 nitrogen and oxygen atoms in total. The zero-order chi connectivity index (χ0) is 20.6. The first-order chi connectivity index (χ1) is 14.1. The van der Waals surface area contributed by atoms with E-state index in [0.717, 1.165) is 11.3 Å². The number of carbonyl (C=O) groups is 2. The van der Waals surface area contributed by atoms with Crippen molar-refractivity contribution in [1.29, 1.82) is 0 Å². The molecule has 1 aliphatic heterocycles. The van der Waals surface area contributed by atoms with Gasteiger partial charge in [0.15, 0.2) is 0 Å². The summed E-state index contributed by atoms with van der Waals surface area (Å²) in [6.07, 6.45) is 4.62. The second kappa shape index (κ2) is 9.78. The van der Waals surface area contributed by atoms with E-state index in [1.807, 2.05) is 42.5 Å². The Kier molecular flexibility index (Phi) is 6.89. The number of ether oxygens (including phenoxy) is 2. The number of nitrogens with one attached hydrogen (secondary N) is 1. The summed E-state index contributed by atoms with van der Waals surface area (Å²) in [7, 11) is 3.18. The monoisotopic (exact) mass is 394 g/mol. The minimum Gasteiger partial charge on any atom is -0.497 e. The Labute approximate surface area is 171 Å². The number of amides is 2. The van der Waals surface area contributed by atoms with Crippen molar-refractivity contribution in [3.63, 3.8) is 0 Å². The number of likely N-dealkylation sites (tertiary alicyclic amines) is 1. The van der Waals surface area contributed by atoms with Gasteiger partial charge in [-0.1, -0.05) is 18.2 Å². The number of nitrogens with zero attached hydrogens (tertiary/aromatic N) is 1. The highest BCUT2D eigenvalue weighted by Gasteiger charge is 2.26. The standard InChI is InChI=1S/C23H26N2O4/c1-28-20-14-17(15-21(16-20)29-2)8-9-22(26)25-12-10-18(11-13-25)23(27)24-19-6-4-3-5-7-19/h3-9,14-16,18H,10-13H2,1-2H3,(H,24,27). The Balaban J connectivity index is 1.53. The predicted molar refractivity (Wildman–Crippen MR) is 113 cm³/mol. The molecular weight excluding hydrogens is 368 g/mol. The molecule has 0 aromatic heterocycles. The molecule has 0 aliphatic carbocycles. The Bertz CT molecular complexity index is 849. The van der Waals surface area contributed by atoms with Gasteiger partial charge in [0.2, 0.25) is 11.8 Å². The molecule has 0 spiro atoms. The van der Waals surface area contributed by atoms with Gasteiger partial charge in [0.25, 0.3) is 0 Å². The van der Waals surface area contributed by atoms with Gasteiger partial charge in [0.05, 0.1) is 14.2 Å². The third-order valence-electron chi connectivity index (χ3n) is 5.01. The molecule has 2 amide bonds. The number of hydrogen-bond acceptors (Lipinski definition) is 4. The first-order valence-corrected chi connectivity index (χ1v) is 9.65. The fraction of sp³-hybridized carbons (Fsp3) is 0.304. The normalized spacial score (nSPS) is 14.6. The molecule has 29 heavy (non-hydrogen) atoms. The summed E-state index contributed by atoms with van der Waals surface area (Å²) in [4.78, 5) is 26.7. The number of hydrogen-bond donors (Lipinski definition) is 1. The molecule has 0 saturated carbocycles. The number of anilines is 1. The molecule has 2 aromatic rings. The molecule has 1 fully saturated rings. The van der Waals surface area contributed by atoms with Crippen LogP contribution < -0.4 is 14.8 Å². The van der Waals surface area contributed by atoms with E-state index in [0.29, 0.717) is 37.4 Å². The molecule has 3 rings (SSSR count).